The summed E-state index contributed by atoms with van der Waals surface area (Å²) in [5.41, 5.74) is 0.755. The summed E-state index contributed by atoms with van der Waals surface area (Å²) in [5.74, 6) is -1.63. The Bertz CT molecular complexity index is 415. The standard InChI is InChI=1S/C10H15N3O4S/c1-7-6-18-10(11-7)12-8(16)9(17)13(2-4-14)3-5-15/h6,14-15H,2-5H2,1H3,(H,11,12,16). The van der Waals surface area contributed by atoms with E-state index in [2.05, 4.69) is 10.3 Å². The molecule has 0 unspecified atom stereocenters. The molecule has 0 spiro atoms. The number of hydrogen-bond donors (Lipinski definition) is 3. The number of amides is 2. The maximum Gasteiger partial charge on any atom is 0.315 e. The third kappa shape index (κ3) is 4.06. The Hall–Kier alpha value is -1.51. The van der Waals surface area contributed by atoms with Crippen LogP contribution in [0.2, 0.25) is 0 Å². The normalized spacial score (nSPS) is 10.2. The van der Waals surface area contributed by atoms with Crippen LogP contribution in [-0.4, -0.2) is 58.2 Å². The number of hydrogen-bond acceptors (Lipinski definition) is 6. The van der Waals surface area contributed by atoms with Crippen molar-refractivity contribution in [3.63, 3.8) is 0 Å². The average Bonchev–Trinajstić information content (AvgIpc) is 2.73. The third-order valence-electron chi connectivity index (χ3n) is 2.06. The fraction of sp³-hybridized carbons (Fsp3) is 0.500. The molecule has 0 atom stereocenters. The van der Waals surface area contributed by atoms with Gasteiger partial charge in [0.05, 0.1) is 18.9 Å². The summed E-state index contributed by atoms with van der Waals surface area (Å²) in [5, 5.41) is 22.0. The van der Waals surface area contributed by atoms with Gasteiger partial charge in [0, 0.05) is 18.5 Å². The van der Waals surface area contributed by atoms with E-state index in [-0.39, 0.29) is 26.3 Å². The molecule has 1 rings (SSSR count). The van der Waals surface area contributed by atoms with E-state index >= 15 is 0 Å². The Kier molecular flexibility index (Phi) is 5.69. The number of aryl methyl sites for hydroxylation is 1. The molecule has 0 bridgehead atoms. The Morgan fingerprint density at radius 1 is 1.39 bits per heavy atom. The second-order valence-corrected chi connectivity index (χ2v) is 4.35. The number of nitrogens with one attached hydrogen (secondary N) is 1. The lowest BCUT2D eigenvalue weighted by molar-refractivity contribution is -0.143. The van der Waals surface area contributed by atoms with Gasteiger partial charge in [-0.2, -0.15) is 0 Å². The van der Waals surface area contributed by atoms with Gasteiger partial charge in [-0.25, -0.2) is 4.98 Å². The number of carbonyl (C=O) groups excluding carboxylic acids is 2. The van der Waals surface area contributed by atoms with Crippen LogP contribution in [0.5, 0.6) is 0 Å². The molecule has 2 amide bonds. The van der Waals surface area contributed by atoms with Gasteiger partial charge >= 0.3 is 11.8 Å². The van der Waals surface area contributed by atoms with Crippen LogP contribution in [0.15, 0.2) is 5.38 Å². The number of nitrogens with zero attached hydrogens (tertiary/aromatic N) is 2. The molecule has 0 radical (unpaired) electrons. The second-order valence-electron chi connectivity index (χ2n) is 3.49. The van der Waals surface area contributed by atoms with Gasteiger partial charge in [0.2, 0.25) is 0 Å². The van der Waals surface area contributed by atoms with Crippen LogP contribution in [-0.2, 0) is 9.59 Å². The van der Waals surface area contributed by atoms with Crippen molar-refractivity contribution >= 4 is 28.3 Å². The zero-order valence-corrected chi connectivity index (χ0v) is 10.7. The van der Waals surface area contributed by atoms with Crippen molar-refractivity contribution in [2.45, 2.75) is 6.92 Å². The molecule has 1 aromatic rings. The molecule has 1 aromatic heterocycles. The molecular formula is C10H15N3O4S. The summed E-state index contributed by atoms with van der Waals surface area (Å²) in [6, 6.07) is 0. The van der Waals surface area contributed by atoms with Crippen LogP contribution in [0.3, 0.4) is 0 Å². The van der Waals surface area contributed by atoms with E-state index in [1.165, 1.54) is 11.3 Å². The van der Waals surface area contributed by atoms with Crippen molar-refractivity contribution < 1.29 is 19.8 Å². The Labute approximate surface area is 108 Å². The maximum absolute atomic E-state index is 11.7. The smallest absolute Gasteiger partial charge is 0.315 e. The fourth-order valence-corrected chi connectivity index (χ4v) is 1.95. The van der Waals surface area contributed by atoms with Gasteiger partial charge in [-0.05, 0) is 6.92 Å². The number of rotatable bonds is 5. The van der Waals surface area contributed by atoms with E-state index in [4.69, 9.17) is 10.2 Å². The minimum absolute atomic E-state index is 0.00368. The molecule has 0 aliphatic carbocycles. The van der Waals surface area contributed by atoms with Gasteiger partial charge in [-0.15, -0.1) is 11.3 Å². The van der Waals surface area contributed by atoms with Crippen molar-refractivity contribution in [3.05, 3.63) is 11.1 Å². The third-order valence-corrected chi connectivity index (χ3v) is 2.94. The van der Waals surface area contributed by atoms with Gasteiger partial charge in [0.25, 0.3) is 0 Å². The Balaban J connectivity index is 2.61. The molecule has 0 aromatic carbocycles. The summed E-state index contributed by atoms with van der Waals surface area (Å²) in [6.45, 7) is 1.25. The average molecular weight is 273 g/mol. The van der Waals surface area contributed by atoms with Crippen molar-refractivity contribution in [3.8, 4) is 0 Å². The zero-order chi connectivity index (χ0) is 13.5. The van der Waals surface area contributed by atoms with E-state index in [0.717, 1.165) is 10.6 Å². The first-order chi connectivity index (χ1) is 8.58. The highest BCUT2D eigenvalue weighted by Gasteiger charge is 2.21. The largest absolute Gasteiger partial charge is 0.395 e. The van der Waals surface area contributed by atoms with E-state index < -0.39 is 11.8 Å². The molecule has 100 valence electrons. The minimum atomic E-state index is -0.828. The molecule has 18 heavy (non-hydrogen) atoms. The second kappa shape index (κ2) is 7.04. The zero-order valence-electron chi connectivity index (χ0n) is 9.92. The number of carbonyl (C=O) groups is 2. The first-order valence-corrected chi connectivity index (χ1v) is 6.20. The number of aromatic nitrogens is 1. The quantitative estimate of drug-likeness (QED) is 0.610. The monoisotopic (exact) mass is 273 g/mol. The highest BCUT2D eigenvalue weighted by Crippen LogP contribution is 2.14. The maximum atomic E-state index is 11.7. The van der Waals surface area contributed by atoms with Crippen LogP contribution in [0.25, 0.3) is 0 Å². The molecule has 0 saturated heterocycles. The lowest BCUT2D eigenvalue weighted by Crippen LogP contribution is -2.42. The lowest BCUT2D eigenvalue weighted by Gasteiger charge is -2.19. The summed E-state index contributed by atoms with van der Waals surface area (Å²) < 4.78 is 0. The van der Waals surface area contributed by atoms with E-state index in [9.17, 15) is 9.59 Å². The predicted molar refractivity (Wildman–Crippen MR) is 66.2 cm³/mol. The highest BCUT2D eigenvalue weighted by atomic mass is 32.1. The number of aliphatic hydroxyl groups excluding tert-OH is 2. The van der Waals surface area contributed by atoms with Gasteiger partial charge < -0.3 is 15.1 Å². The topological polar surface area (TPSA) is 103 Å². The fourth-order valence-electron chi connectivity index (χ4n) is 1.26. The van der Waals surface area contributed by atoms with Crippen LogP contribution in [0.1, 0.15) is 5.69 Å². The summed E-state index contributed by atoms with van der Waals surface area (Å²) in [6.07, 6.45) is 0. The van der Waals surface area contributed by atoms with Gasteiger partial charge in [0.1, 0.15) is 0 Å². The van der Waals surface area contributed by atoms with Gasteiger partial charge in [-0.1, -0.05) is 0 Å². The number of thiazole rings is 1. The first-order valence-electron chi connectivity index (χ1n) is 5.32. The van der Waals surface area contributed by atoms with Crippen molar-refractivity contribution in [2.24, 2.45) is 0 Å². The van der Waals surface area contributed by atoms with Crippen molar-refractivity contribution in [2.75, 3.05) is 31.6 Å². The minimum Gasteiger partial charge on any atom is -0.395 e. The van der Waals surface area contributed by atoms with Crippen LogP contribution in [0, 0.1) is 6.92 Å². The lowest BCUT2D eigenvalue weighted by atomic mass is 10.4. The van der Waals surface area contributed by atoms with Crippen LogP contribution < -0.4 is 5.32 Å². The number of aliphatic hydroxyl groups is 2. The first kappa shape index (κ1) is 14.6. The Morgan fingerprint density at radius 2 is 2.00 bits per heavy atom. The Morgan fingerprint density at radius 3 is 2.44 bits per heavy atom. The molecule has 8 heteroatoms. The summed E-state index contributed by atoms with van der Waals surface area (Å²) >= 11 is 1.22. The summed E-state index contributed by atoms with van der Waals surface area (Å²) in [7, 11) is 0. The molecule has 7 nitrogen and oxygen atoms in total. The van der Waals surface area contributed by atoms with Crippen molar-refractivity contribution in [1.29, 1.82) is 0 Å². The molecule has 1 heterocycles. The SMILES string of the molecule is Cc1csc(NC(=O)C(=O)N(CCO)CCO)n1. The summed E-state index contributed by atoms with van der Waals surface area (Å²) in [4.78, 5) is 28.4. The molecule has 0 aliphatic rings. The van der Waals surface area contributed by atoms with E-state index in [0.29, 0.717) is 5.13 Å². The molecule has 0 aliphatic heterocycles. The van der Waals surface area contributed by atoms with E-state index in [1.807, 2.05) is 0 Å². The number of anilines is 1. The molecule has 0 fully saturated rings. The van der Waals surface area contributed by atoms with Gasteiger partial charge in [0.15, 0.2) is 5.13 Å². The molecule has 3 N–H and O–H groups in total. The van der Waals surface area contributed by atoms with Crippen LogP contribution in [0.4, 0.5) is 5.13 Å². The van der Waals surface area contributed by atoms with Crippen molar-refractivity contribution in [1.82, 2.24) is 9.88 Å². The highest BCUT2D eigenvalue weighted by molar-refractivity contribution is 7.14. The predicted octanol–water partition coefficient (Wildman–Crippen LogP) is -0.797. The van der Waals surface area contributed by atoms with Crippen LogP contribution >= 0.6 is 11.3 Å². The van der Waals surface area contributed by atoms with Gasteiger partial charge in [-0.3, -0.25) is 14.9 Å². The van der Waals surface area contributed by atoms with E-state index in [1.54, 1.807) is 12.3 Å². The molecular weight excluding hydrogens is 258 g/mol. The molecule has 0 saturated carbocycles.